The monoisotopic (exact) mass is 277 g/mol. The molecule has 1 aromatic rings. The Morgan fingerprint density at radius 3 is 2.35 bits per heavy atom. The summed E-state index contributed by atoms with van der Waals surface area (Å²) < 4.78 is 2.36. The molecule has 1 saturated carbocycles. The maximum Gasteiger partial charge on any atom is 0.0657 e. The second-order valence-electron chi connectivity index (χ2n) is 6.62. The maximum atomic E-state index is 6.04. The van der Waals surface area contributed by atoms with Crippen molar-refractivity contribution >= 4 is 0 Å². The zero-order chi connectivity index (χ0) is 14.7. The highest BCUT2D eigenvalue weighted by Gasteiger charge is 2.25. The summed E-state index contributed by atoms with van der Waals surface area (Å²) in [6, 6.07) is 0.836. The highest BCUT2D eigenvalue weighted by molar-refractivity contribution is 5.28. The topological polar surface area (TPSA) is 43.8 Å². The van der Waals surface area contributed by atoms with E-state index in [0.717, 1.165) is 25.2 Å². The first-order valence-electron chi connectivity index (χ1n) is 8.41. The van der Waals surface area contributed by atoms with Crippen LogP contribution in [0.4, 0.5) is 0 Å². The predicted octanol–water partition coefficient (Wildman–Crippen LogP) is 3.65. The van der Waals surface area contributed by atoms with E-state index in [2.05, 4.69) is 32.4 Å². The number of hydrogen-bond donors (Lipinski definition) is 1. The van der Waals surface area contributed by atoms with Crippen LogP contribution in [0.5, 0.6) is 0 Å². The zero-order valence-corrected chi connectivity index (χ0v) is 13.7. The average molecular weight is 277 g/mol. The molecule has 0 bridgehead atoms. The lowest BCUT2D eigenvalue weighted by atomic mass is 9.87. The van der Waals surface area contributed by atoms with Crippen molar-refractivity contribution in [1.29, 1.82) is 0 Å². The molecule has 1 unspecified atom stereocenters. The molecule has 2 N–H and O–H groups in total. The molecule has 1 atom stereocenters. The summed E-state index contributed by atoms with van der Waals surface area (Å²) in [5.74, 6) is 0.890. The SMILES string of the molecule is CCc1nn(C2CCC(C)CC2)c(CC)c1CC(C)N. The minimum Gasteiger partial charge on any atom is -0.328 e. The molecule has 114 valence electrons. The van der Waals surface area contributed by atoms with E-state index in [1.807, 2.05) is 0 Å². The lowest BCUT2D eigenvalue weighted by Crippen LogP contribution is -2.21. The summed E-state index contributed by atoms with van der Waals surface area (Å²) in [5, 5.41) is 4.96. The molecular formula is C17H31N3. The molecule has 0 radical (unpaired) electrons. The first kappa shape index (κ1) is 15.6. The van der Waals surface area contributed by atoms with E-state index in [-0.39, 0.29) is 6.04 Å². The normalized spacial score (nSPS) is 24.9. The lowest BCUT2D eigenvalue weighted by Gasteiger charge is -2.28. The summed E-state index contributed by atoms with van der Waals surface area (Å²) in [6.07, 6.45) is 8.32. The van der Waals surface area contributed by atoms with Gasteiger partial charge in [0.15, 0.2) is 0 Å². The van der Waals surface area contributed by atoms with Crippen molar-refractivity contribution in [2.24, 2.45) is 11.7 Å². The number of nitrogens with zero attached hydrogens (tertiary/aromatic N) is 2. The largest absolute Gasteiger partial charge is 0.328 e. The van der Waals surface area contributed by atoms with Crippen LogP contribution < -0.4 is 5.73 Å². The Labute approximate surface area is 123 Å². The Morgan fingerprint density at radius 1 is 1.20 bits per heavy atom. The second-order valence-corrected chi connectivity index (χ2v) is 6.62. The van der Waals surface area contributed by atoms with E-state index in [9.17, 15) is 0 Å². The number of nitrogens with two attached hydrogens (primary N) is 1. The summed E-state index contributed by atoms with van der Waals surface area (Å²) in [6.45, 7) is 8.93. The van der Waals surface area contributed by atoms with E-state index >= 15 is 0 Å². The van der Waals surface area contributed by atoms with Crippen LogP contribution in [0, 0.1) is 5.92 Å². The first-order chi connectivity index (χ1) is 9.56. The van der Waals surface area contributed by atoms with Gasteiger partial charge in [-0.15, -0.1) is 0 Å². The second kappa shape index (κ2) is 6.75. The summed E-state index contributed by atoms with van der Waals surface area (Å²) in [4.78, 5) is 0. The summed E-state index contributed by atoms with van der Waals surface area (Å²) >= 11 is 0. The van der Waals surface area contributed by atoms with Gasteiger partial charge in [0.25, 0.3) is 0 Å². The molecular weight excluding hydrogens is 246 g/mol. The van der Waals surface area contributed by atoms with Crippen LogP contribution in [0.1, 0.15) is 76.4 Å². The smallest absolute Gasteiger partial charge is 0.0657 e. The molecule has 20 heavy (non-hydrogen) atoms. The van der Waals surface area contributed by atoms with Gasteiger partial charge >= 0.3 is 0 Å². The van der Waals surface area contributed by atoms with Crippen LogP contribution in [0.25, 0.3) is 0 Å². The van der Waals surface area contributed by atoms with Crippen LogP contribution in [-0.4, -0.2) is 15.8 Å². The fourth-order valence-electron chi connectivity index (χ4n) is 3.56. The molecule has 1 aromatic heterocycles. The van der Waals surface area contributed by atoms with Gasteiger partial charge in [0.05, 0.1) is 11.7 Å². The van der Waals surface area contributed by atoms with E-state index in [1.54, 1.807) is 0 Å². The van der Waals surface area contributed by atoms with E-state index in [0.29, 0.717) is 6.04 Å². The Kier molecular flexibility index (Phi) is 5.25. The average Bonchev–Trinajstić information content (AvgIpc) is 2.76. The van der Waals surface area contributed by atoms with Crippen molar-refractivity contribution in [1.82, 2.24) is 9.78 Å². The fraction of sp³-hybridized carbons (Fsp3) is 0.824. The summed E-state index contributed by atoms with van der Waals surface area (Å²) in [5.41, 5.74) is 10.2. The van der Waals surface area contributed by atoms with Gasteiger partial charge in [0.1, 0.15) is 0 Å². The molecule has 0 saturated heterocycles. The van der Waals surface area contributed by atoms with Gasteiger partial charge < -0.3 is 5.73 Å². The molecule has 1 fully saturated rings. The quantitative estimate of drug-likeness (QED) is 0.893. The van der Waals surface area contributed by atoms with Crippen molar-refractivity contribution in [2.75, 3.05) is 0 Å². The fourth-order valence-corrected chi connectivity index (χ4v) is 3.56. The van der Waals surface area contributed by atoms with Crippen LogP contribution in [0.3, 0.4) is 0 Å². The van der Waals surface area contributed by atoms with Crippen molar-refractivity contribution < 1.29 is 0 Å². The van der Waals surface area contributed by atoms with Crippen molar-refractivity contribution in [3.8, 4) is 0 Å². The van der Waals surface area contributed by atoms with Gasteiger partial charge in [-0.05, 0) is 63.4 Å². The maximum absolute atomic E-state index is 6.04. The zero-order valence-electron chi connectivity index (χ0n) is 13.7. The van der Waals surface area contributed by atoms with Gasteiger partial charge in [0, 0.05) is 11.7 Å². The Morgan fingerprint density at radius 2 is 1.85 bits per heavy atom. The molecule has 0 aliphatic heterocycles. The Balaban J connectivity index is 2.30. The minimum absolute atomic E-state index is 0.217. The molecule has 1 aliphatic carbocycles. The first-order valence-corrected chi connectivity index (χ1v) is 8.41. The highest BCUT2D eigenvalue weighted by Crippen LogP contribution is 2.34. The van der Waals surface area contributed by atoms with Gasteiger partial charge in [-0.3, -0.25) is 4.68 Å². The van der Waals surface area contributed by atoms with Crippen molar-refractivity contribution in [2.45, 2.75) is 84.7 Å². The highest BCUT2D eigenvalue weighted by atomic mass is 15.3. The number of aryl methyl sites for hydroxylation is 1. The molecule has 1 heterocycles. The van der Waals surface area contributed by atoms with E-state index < -0.39 is 0 Å². The minimum atomic E-state index is 0.217. The molecule has 0 aromatic carbocycles. The third-order valence-corrected chi connectivity index (χ3v) is 4.73. The standard InChI is InChI=1S/C17H31N3/c1-5-16-15(11-13(4)18)17(6-2)20(19-16)14-9-7-12(3)8-10-14/h12-14H,5-11,18H2,1-4H3. The molecule has 2 rings (SSSR count). The van der Waals surface area contributed by atoms with Gasteiger partial charge in [-0.1, -0.05) is 20.8 Å². The summed E-state index contributed by atoms with van der Waals surface area (Å²) in [7, 11) is 0. The van der Waals surface area contributed by atoms with Crippen LogP contribution in [0.2, 0.25) is 0 Å². The van der Waals surface area contributed by atoms with Crippen molar-refractivity contribution in [3.05, 3.63) is 17.0 Å². The van der Waals surface area contributed by atoms with Gasteiger partial charge in [-0.2, -0.15) is 5.10 Å². The third-order valence-electron chi connectivity index (χ3n) is 4.73. The van der Waals surface area contributed by atoms with Crippen LogP contribution in [0.15, 0.2) is 0 Å². The van der Waals surface area contributed by atoms with Crippen molar-refractivity contribution in [3.63, 3.8) is 0 Å². The Hall–Kier alpha value is -0.830. The molecule has 3 nitrogen and oxygen atoms in total. The van der Waals surface area contributed by atoms with Gasteiger partial charge in [-0.25, -0.2) is 0 Å². The van der Waals surface area contributed by atoms with Crippen LogP contribution >= 0.6 is 0 Å². The number of aromatic nitrogens is 2. The number of hydrogen-bond acceptors (Lipinski definition) is 2. The molecule has 1 aliphatic rings. The Bertz CT molecular complexity index is 426. The van der Waals surface area contributed by atoms with E-state index in [4.69, 9.17) is 10.8 Å². The lowest BCUT2D eigenvalue weighted by molar-refractivity contribution is 0.268. The van der Waals surface area contributed by atoms with Gasteiger partial charge in [0.2, 0.25) is 0 Å². The predicted molar refractivity (Wildman–Crippen MR) is 85.0 cm³/mol. The molecule has 0 spiro atoms. The molecule has 3 heteroatoms. The number of rotatable bonds is 5. The van der Waals surface area contributed by atoms with E-state index in [1.165, 1.54) is 42.6 Å². The van der Waals surface area contributed by atoms with Crippen LogP contribution in [-0.2, 0) is 19.3 Å². The third kappa shape index (κ3) is 3.25. The molecule has 0 amide bonds.